The fraction of sp³-hybridized carbons (Fsp3) is 0.500. The normalized spacial score (nSPS) is 11.2. The summed E-state index contributed by atoms with van der Waals surface area (Å²) in [4.78, 5) is 4.20. The molecule has 0 aliphatic rings. The van der Waals surface area contributed by atoms with Crippen LogP contribution in [-0.4, -0.2) is 26.2 Å². The van der Waals surface area contributed by atoms with Crippen LogP contribution in [0.1, 0.15) is 24.1 Å². The Morgan fingerprint density at radius 3 is 2.75 bits per heavy atom. The molecule has 2 rings (SSSR count). The average molecular weight is 241 g/mol. The minimum absolute atomic E-state index is 0.373. The van der Waals surface area contributed by atoms with Crippen molar-refractivity contribution in [1.82, 2.24) is 19.6 Å². The second kappa shape index (κ2) is 4.35. The lowest BCUT2D eigenvalue weighted by Gasteiger charge is -2.06. The van der Waals surface area contributed by atoms with Crippen molar-refractivity contribution >= 4 is 17.2 Å². The number of rotatable bonds is 3. The van der Waals surface area contributed by atoms with Gasteiger partial charge in [-0.2, -0.15) is 0 Å². The zero-order valence-electron chi connectivity index (χ0n) is 9.49. The Kier molecular flexibility index (Phi) is 3.07. The van der Waals surface area contributed by atoms with E-state index in [0.29, 0.717) is 24.0 Å². The Morgan fingerprint density at radius 1 is 1.31 bits per heavy atom. The highest BCUT2D eigenvalue weighted by Crippen LogP contribution is 2.18. The molecule has 2 aromatic heterocycles. The van der Waals surface area contributed by atoms with Gasteiger partial charge in [0.1, 0.15) is 6.61 Å². The number of halogens is 1. The maximum Gasteiger partial charge on any atom is 0.198 e. The van der Waals surface area contributed by atoms with E-state index in [9.17, 15) is 0 Å². The topological polar surface area (TPSA) is 52.3 Å². The van der Waals surface area contributed by atoms with E-state index in [0.717, 1.165) is 17.2 Å². The fourth-order valence-corrected chi connectivity index (χ4v) is 1.78. The molecule has 0 unspecified atom stereocenters. The van der Waals surface area contributed by atoms with Crippen molar-refractivity contribution in [3.63, 3.8) is 0 Å². The predicted molar refractivity (Wildman–Crippen MR) is 60.6 cm³/mol. The van der Waals surface area contributed by atoms with Crippen molar-refractivity contribution in [3.05, 3.63) is 22.4 Å². The zero-order chi connectivity index (χ0) is 11.7. The summed E-state index contributed by atoms with van der Waals surface area (Å²) in [5.74, 6) is 0.752. The molecular weight excluding hydrogens is 228 g/mol. The molecule has 0 saturated heterocycles. The molecule has 0 N–H and O–H groups in total. The van der Waals surface area contributed by atoms with Gasteiger partial charge in [-0.1, -0.05) is 11.6 Å². The summed E-state index contributed by atoms with van der Waals surface area (Å²) in [6, 6.07) is 0. The Labute approximate surface area is 98.4 Å². The molecule has 6 heteroatoms. The van der Waals surface area contributed by atoms with E-state index < -0.39 is 0 Å². The highest BCUT2D eigenvalue weighted by molar-refractivity contribution is 6.32. The van der Waals surface area contributed by atoms with E-state index in [2.05, 4.69) is 15.2 Å². The van der Waals surface area contributed by atoms with Gasteiger partial charge in [0.2, 0.25) is 0 Å². The van der Waals surface area contributed by atoms with Gasteiger partial charge in [0.15, 0.2) is 16.6 Å². The van der Waals surface area contributed by atoms with Crippen LogP contribution in [0.2, 0.25) is 5.15 Å². The minimum Gasteiger partial charge on any atom is -0.374 e. The number of aromatic nitrogens is 4. The zero-order valence-corrected chi connectivity index (χ0v) is 10.2. The van der Waals surface area contributed by atoms with Gasteiger partial charge < -0.3 is 4.74 Å². The fourth-order valence-electron chi connectivity index (χ4n) is 1.53. The van der Waals surface area contributed by atoms with Gasteiger partial charge in [-0.15, -0.1) is 10.2 Å². The van der Waals surface area contributed by atoms with Crippen molar-refractivity contribution in [1.29, 1.82) is 0 Å². The summed E-state index contributed by atoms with van der Waals surface area (Å²) in [6.45, 7) is 6.88. The molecule has 0 amide bonds. The number of nitrogens with zero attached hydrogens (tertiary/aromatic N) is 4. The van der Waals surface area contributed by atoms with Crippen LogP contribution < -0.4 is 0 Å². The van der Waals surface area contributed by atoms with E-state index in [1.165, 1.54) is 0 Å². The van der Waals surface area contributed by atoms with E-state index in [4.69, 9.17) is 16.3 Å². The summed E-state index contributed by atoms with van der Waals surface area (Å²) in [5.41, 5.74) is 2.44. The molecule has 0 saturated carbocycles. The van der Waals surface area contributed by atoms with Gasteiger partial charge in [0.05, 0.1) is 5.69 Å². The van der Waals surface area contributed by atoms with Crippen molar-refractivity contribution < 1.29 is 4.74 Å². The number of ether oxygens (including phenoxy) is 1. The van der Waals surface area contributed by atoms with Crippen molar-refractivity contribution in [2.45, 2.75) is 27.4 Å². The van der Waals surface area contributed by atoms with Crippen LogP contribution >= 0.6 is 11.6 Å². The van der Waals surface area contributed by atoms with E-state index in [1.54, 1.807) is 0 Å². The minimum atomic E-state index is 0.373. The molecule has 0 fully saturated rings. The molecular formula is C10H13ClN4O. The molecule has 0 radical (unpaired) electrons. The summed E-state index contributed by atoms with van der Waals surface area (Å²) < 4.78 is 7.22. The van der Waals surface area contributed by atoms with Crippen LogP contribution in [0.3, 0.4) is 0 Å². The molecule has 0 aromatic carbocycles. The lowest BCUT2D eigenvalue weighted by Crippen LogP contribution is -2.04. The highest BCUT2D eigenvalue weighted by atomic mass is 35.5. The molecule has 0 bridgehead atoms. The highest BCUT2D eigenvalue weighted by Gasteiger charge is 2.13. The quantitative estimate of drug-likeness (QED) is 0.823. The predicted octanol–water partition coefficient (Wildman–Crippen LogP) is 1.93. The molecule has 16 heavy (non-hydrogen) atoms. The van der Waals surface area contributed by atoms with Crippen molar-refractivity contribution in [2.24, 2.45) is 0 Å². The Morgan fingerprint density at radius 2 is 2.06 bits per heavy atom. The van der Waals surface area contributed by atoms with Gasteiger partial charge in [-0.25, -0.2) is 4.98 Å². The molecule has 5 nitrogen and oxygen atoms in total. The van der Waals surface area contributed by atoms with Crippen LogP contribution in [0.25, 0.3) is 5.65 Å². The first kappa shape index (κ1) is 11.3. The third-order valence-corrected chi connectivity index (χ3v) is 2.73. The summed E-state index contributed by atoms with van der Waals surface area (Å²) >= 11 is 6.01. The largest absolute Gasteiger partial charge is 0.374 e. The third kappa shape index (κ3) is 1.76. The maximum absolute atomic E-state index is 6.01. The number of fused-ring (bicyclic) bond motifs is 1. The first-order chi connectivity index (χ1) is 7.65. The van der Waals surface area contributed by atoms with Crippen LogP contribution in [0.5, 0.6) is 0 Å². The molecule has 0 aliphatic heterocycles. The summed E-state index contributed by atoms with van der Waals surface area (Å²) in [7, 11) is 0. The van der Waals surface area contributed by atoms with E-state index >= 15 is 0 Å². The Hall–Kier alpha value is -1.20. The van der Waals surface area contributed by atoms with Gasteiger partial charge >= 0.3 is 0 Å². The van der Waals surface area contributed by atoms with Crippen molar-refractivity contribution in [2.75, 3.05) is 6.61 Å². The SMILES string of the molecule is CCOCc1nnc2c(Cl)nc(C)c(C)n12. The van der Waals surface area contributed by atoms with Gasteiger partial charge in [-0.05, 0) is 20.8 Å². The second-order valence-electron chi connectivity index (χ2n) is 3.49. The van der Waals surface area contributed by atoms with Crippen LogP contribution in [0.15, 0.2) is 0 Å². The Balaban J connectivity index is 2.60. The van der Waals surface area contributed by atoms with Gasteiger partial charge in [0.25, 0.3) is 0 Å². The molecule has 2 heterocycles. The van der Waals surface area contributed by atoms with E-state index in [1.807, 2.05) is 25.2 Å². The van der Waals surface area contributed by atoms with Crippen LogP contribution in [0.4, 0.5) is 0 Å². The first-order valence-electron chi connectivity index (χ1n) is 5.09. The molecule has 2 aromatic rings. The van der Waals surface area contributed by atoms with E-state index in [-0.39, 0.29) is 0 Å². The van der Waals surface area contributed by atoms with Crippen LogP contribution in [0, 0.1) is 13.8 Å². The number of aryl methyl sites for hydroxylation is 2. The number of hydrogen-bond donors (Lipinski definition) is 0. The average Bonchev–Trinajstić information content (AvgIpc) is 2.67. The van der Waals surface area contributed by atoms with Gasteiger partial charge in [-0.3, -0.25) is 4.40 Å². The third-order valence-electron chi connectivity index (χ3n) is 2.47. The number of hydrogen-bond acceptors (Lipinski definition) is 4. The molecule has 0 aliphatic carbocycles. The second-order valence-corrected chi connectivity index (χ2v) is 3.84. The van der Waals surface area contributed by atoms with Gasteiger partial charge in [0, 0.05) is 12.3 Å². The maximum atomic E-state index is 6.01. The first-order valence-corrected chi connectivity index (χ1v) is 5.47. The van der Waals surface area contributed by atoms with Crippen LogP contribution in [-0.2, 0) is 11.3 Å². The Bertz CT molecular complexity index is 523. The standard InChI is InChI=1S/C10H13ClN4O/c1-4-16-5-8-13-14-10-9(11)12-6(2)7(3)15(8)10/h4-5H2,1-3H3. The summed E-state index contributed by atoms with van der Waals surface area (Å²) in [6.07, 6.45) is 0. The lowest BCUT2D eigenvalue weighted by molar-refractivity contribution is 0.127. The monoisotopic (exact) mass is 240 g/mol. The smallest absolute Gasteiger partial charge is 0.198 e. The lowest BCUT2D eigenvalue weighted by atomic mass is 10.3. The summed E-state index contributed by atoms with van der Waals surface area (Å²) in [5, 5.41) is 8.44. The van der Waals surface area contributed by atoms with Crippen molar-refractivity contribution in [3.8, 4) is 0 Å². The molecule has 0 atom stereocenters. The molecule has 0 spiro atoms. The molecule has 86 valence electrons.